The topological polar surface area (TPSA) is 237 Å². The average Bonchev–Trinajstić information content (AvgIpc) is 3.59. The van der Waals surface area contributed by atoms with Crippen molar-refractivity contribution in [3.05, 3.63) is 0 Å². The zero-order valence-corrected chi connectivity index (χ0v) is 58.8. The van der Waals surface area contributed by atoms with E-state index >= 15 is 0 Å². The van der Waals surface area contributed by atoms with Gasteiger partial charge in [-0.15, -0.1) is 0 Å². The van der Waals surface area contributed by atoms with Crippen LogP contribution in [-0.2, 0) is 65.4 Å². The number of ether oxygens (including phenoxy) is 4. The van der Waals surface area contributed by atoms with E-state index in [0.29, 0.717) is 25.7 Å². The van der Waals surface area contributed by atoms with Gasteiger partial charge in [-0.1, -0.05) is 298 Å². The van der Waals surface area contributed by atoms with Gasteiger partial charge in [-0.2, -0.15) is 0 Å². The Balaban J connectivity index is 5.08. The molecule has 19 heteroatoms. The molecule has 522 valence electrons. The average molecular weight is 1300 g/mol. The number of carbonyl (C=O) groups excluding carboxylic acids is 4. The number of esters is 4. The lowest BCUT2D eigenvalue weighted by molar-refractivity contribution is -0.161. The number of hydrogen-bond acceptors (Lipinski definition) is 15. The van der Waals surface area contributed by atoms with Crippen LogP contribution in [0, 0.1) is 11.8 Å². The molecule has 0 heterocycles. The van der Waals surface area contributed by atoms with Gasteiger partial charge < -0.3 is 33.8 Å². The Morgan fingerprint density at radius 3 is 0.773 bits per heavy atom. The lowest BCUT2D eigenvalue weighted by Gasteiger charge is -2.21. The van der Waals surface area contributed by atoms with Crippen LogP contribution in [0.3, 0.4) is 0 Å². The van der Waals surface area contributed by atoms with Crippen LogP contribution in [0.25, 0.3) is 0 Å². The highest BCUT2D eigenvalue weighted by molar-refractivity contribution is 7.47. The van der Waals surface area contributed by atoms with Crippen molar-refractivity contribution in [1.29, 1.82) is 0 Å². The molecule has 0 aliphatic carbocycles. The van der Waals surface area contributed by atoms with Crippen LogP contribution in [0.1, 0.15) is 350 Å². The third-order valence-electron chi connectivity index (χ3n) is 16.0. The van der Waals surface area contributed by atoms with Gasteiger partial charge >= 0.3 is 39.5 Å². The van der Waals surface area contributed by atoms with Gasteiger partial charge in [-0.3, -0.25) is 37.3 Å². The van der Waals surface area contributed by atoms with Crippen LogP contribution >= 0.6 is 15.6 Å². The van der Waals surface area contributed by atoms with Crippen LogP contribution in [0.15, 0.2) is 0 Å². The maximum atomic E-state index is 13.0. The number of phosphoric ester groups is 2. The van der Waals surface area contributed by atoms with Gasteiger partial charge in [0.2, 0.25) is 0 Å². The van der Waals surface area contributed by atoms with Crippen molar-refractivity contribution in [2.75, 3.05) is 39.6 Å². The minimum Gasteiger partial charge on any atom is -0.462 e. The molecule has 0 aromatic rings. The van der Waals surface area contributed by atoms with E-state index in [9.17, 15) is 43.2 Å². The molecule has 17 nitrogen and oxygen atoms in total. The van der Waals surface area contributed by atoms with E-state index in [-0.39, 0.29) is 25.7 Å². The van der Waals surface area contributed by atoms with Crippen molar-refractivity contribution in [3.8, 4) is 0 Å². The predicted octanol–water partition coefficient (Wildman–Crippen LogP) is 19.6. The second kappa shape index (κ2) is 61.3. The number of hydrogen-bond donors (Lipinski definition) is 3. The predicted molar refractivity (Wildman–Crippen MR) is 354 cm³/mol. The summed E-state index contributed by atoms with van der Waals surface area (Å²) in [4.78, 5) is 72.0. The molecule has 0 fully saturated rings. The monoisotopic (exact) mass is 1300 g/mol. The first-order valence-electron chi connectivity index (χ1n) is 36.0. The SMILES string of the molecule is CCCCCCCCCC(=O)O[C@H](COC(=O)CCCCCCC)COP(=O)(O)OC[C@H](O)COP(=O)(O)OC[C@@H](COC(=O)CCCCCCCCCCCCCCC(C)C)OC(=O)CCCCCCCCCCCCCCCCCCCCC(C)C. The fourth-order valence-corrected chi connectivity index (χ4v) is 12.0. The Labute approximate surface area is 537 Å². The summed E-state index contributed by atoms with van der Waals surface area (Å²) in [5.74, 6) is -0.540. The first-order valence-corrected chi connectivity index (χ1v) is 39.0. The first-order chi connectivity index (χ1) is 42.4. The zero-order chi connectivity index (χ0) is 65.0. The van der Waals surface area contributed by atoms with Gasteiger partial charge in [0.15, 0.2) is 12.2 Å². The molecule has 0 rings (SSSR count). The highest BCUT2D eigenvalue weighted by Gasteiger charge is 2.30. The largest absolute Gasteiger partial charge is 0.472 e. The normalized spacial score (nSPS) is 14.2. The van der Waals surface area contributed by atoms with E-state index in [2.05, 4.69) is 41.5 Å². The fraction of sp³-hybridized carbons (Fsp3) is 0.942. The molecule has 0 amide bonds. The number of aliphatic hydroxyl groups is 1. The molecule has 88 heavy (non-hydrogen) atoms. The number of carbonyl (C=O) groups is 4. The molecule has 0 bridgehead atoms. The van der Waals surface area contributed by atoms with E-state index in [0.717, 1.165) is 121 Å². The summed E-state index contributed by atoms with van der Waals surface area (Å²) in [6.07, 6.45) is 46.5. The van der Waals surface area contributed by atoms with Crippen LogP contribution in [0.2, 0.25) is 0 Å². The van der Waals surface area contributed by atoms with Crippen molar-refractivity contribution >= 4 is 39.5 Å². The summed E-state index contributed by atoms with van der Waals surface area (Å²) in [5.41, 5.74) is 0. The molecule has 5 atom stereocenters. The van der Waals surface area contributed by atoms with Gasteiger partial charge in [0.25, 0.3) is 0 Å². The summed E-state index contributed by atoms with van der Waals surface area (Å²) >= 11 is 0. The number of rotatable bonds is 68. The summed E-state index contributed by atoms with van der Waals surface area (Å²) in [5, 5.41) is 10.5. The third-order valence-corrected chi connectivity index (χ3v) is 17.9. The Morgan fingerprint density at radius 2 is 0.523 bits per heavy atom. The van der Waals surface area contributed by atoms with Crippen LogP contribution in [-0.4, -0.2) is 96.7 Å². The maximum Gasteiger partial charge on any atom is 0.472 e. The highest BCUT2D eigenvalue weighted by Crippen LogP contribution is 2.45. The molecule has 0 saturated carbocycles. The third kappa shape index (κ3) is 62.8. The lowest BCUT2D eigenvalue weighted by atomic mass is 10.0. The van der Waals surface area contributed by atoms with Gasteiger partial charge in [-0.05, 0) is 37.5 Å². The minimum absolute atomic E-state index is 0.103. The van der Waals surface area contributed by atoms with Crippen LogP contribution < -0.4 is 0 Å². The molecule has 0 aromatic heterocycles. The Morgan fingerprint density at radius 1 is 0.307 bits per heavy atom. The molecule has 0 aliphatic rings. The van der Waals surface area contributed by atoms with Crippen LogP contribution in [0.4, 0.5) is 0 Å². The summed E-state index contributed by atoms with van der Waals surface area (Å²) in [7, 11) is -9.88. The molecular formula is C69H134O17P2. The summed E-state index contributed by atoms with van der Waals surface area (Å²) in [6.45, 7) is 9.45. The van der Waals surface area contributed by atoms with Crippen LogP contribution in [0.5, 0.6) is 0 Å². The Kier molecular flexibility index (Phi) is 59.9. The summed E-state index contributed by atoms with van der Waals surface area (Å²) in [6, 6.07) is 0. The van der Waals surface area contributed by atoms with Crippen molar-refractivity contribution in [1.82, 2.24) is 0 Å². The van der Waals surface area contributed by atoms with Gasteiger partial charge in [0, 0.05) is 25.7 Å². The van der Waals surface area contributed by atoms with Crippen molar-refractivity contribution in [3.63, 3.8) is 0 Å². The van der Waals surface area contributed by atoms with Gasteiger partial charge in [-0.25, -0.2) is 9.13 Å². The van der Waals surface area contributed by atoms with E-state index in [1.54, 1.807) is 0 Å². The minimum atomic E-state index is -4.95. The Bertz CT molecular complexity index is 1720. The molecule has 0 aromatic carbocycles. The molecular weight excluding hydrogens is 1160 g/mol. The second-order valence-corrected chi connectivity index (χ2v) is 28.8. The van der Waals surface area contributed by atoms with Crippen molar-refractivity contribution in [2.24, 2.45) is 11.8 Å². The van der Waals surface area contributed by atoms with Crippen molar-refractivity contribution in [2.45, 2.75) is 368 Å². The Hall–Kier alpha value is -1.94. The van der Waals surface area contributed by atoms with E-state index in [4.69, 9.17) is 37.0 Å². The molecule has 3 N–H and O–H groups in total. The first kappa shape index (κ1) is 86.1. The fourth-order valence-electron chi connectivity index (χ4n) is 10.4. The highest BCUT2D eigenvalue weighted by atomic mass is 31.2. The second-order valence-electron chi connectivity index (χ2n) is 25.9. The zero-order valence-electron chi connectivity index (χ0n) is 57.0. The summed E-state index contributed by atoms with van der Waals surface area (Å²) < 4.78 is 67.9. The smallest absolute Gasteiger partial charge is 0.462 e. The van der Waals surface area contributed by atoms with E-state index < -0.39 is 97.5 Å². The molecule has 0 saturated heterocycles. The van der Waals surface area contributed by atoms with Crippen molar-refractivity contribution < 1.29 is 80.2 Å². The molecule has 0 aliphatic heterocycles. The standard InChI is InChI=1S/C69H134O17P2/c1-7-9-11-13-32-41-47-53-68(73)85-64(57-79-66(71)51-45-37-12-10-8-2)59-83-87(75,76)81-55-63(70)56-82-88(77,78)84-60-65(58-80-67(72)52-46-40-35-30-26-23-22-25-29-34-39-44-50-62(5)6)86-69(74)54-48-42-36-31-27-21-19-17-15-14-16-18-20-24-28-33-38-43-49-61(3)4/h61-65,70H,7-60H2,1-6H3,(H,75,76)(H,77,78)/t63-,64+,65+/m0/s1. The number of unbranched alkanes of at least 4 members (excludes halogenated alkanes) is 38. The van der Waals surface area contributed by atoms with E-state index in [1.165, 1.54) is 148 Å². The quantitative estimate of drug-likeness (QED) is 0.0222. The molecule has 0 radical (unpaired) electrons. The van der Waals surface area contributed by atoms with Gasteiger partial charge in [0.05, 0.1) is 26.4 Å². The maximum absolute atomic E-state index is 13.0. The molecule has 0 spiro atoms. The molecule has 2 unspecified atom stereocenters. The van der Waals surface area contributed by atoms with Gasteiger partial charge in [0.1, 0.15) is 19.3 Å². The number of aliphatic hydroxyl groups excluding tert-OH is 1. The van der Waals surface area contributed by atoms with E-state index in [1.807, 2.05) is 0 Å². The lowest BCUT2D eigenvalue weighted by Crippen LogP contribution is -2.30. The number of phosphoric acid groups is 2.